The maximum atomic E-state index is 12.5. The minimum absolute atomic E-state index is 0.0263. The van der Waals surface area contributed by atoms with Crippen molar-refractivity contribution in [2.45, 2.75) is 12.6 Å². The van der Waals surface area contributed by atoms with Crippen LogP contribution in [0.25, 0.3) is 0 Å². The molecule has 0 spiro atoms. The van der Waals surface area contributed by atoms with E-state index >= 15 is 0 Å². The van der Waals surface area contributed by atoms with Gasteiger partial charge in [0, 0.05) is 43.9 Å². The third kappa shape index (κ3) is 5.94. The Kier molecular flexibility index (Phi) is 6.90. The molecule has 0 aromatic heterocycles. The molecular formula is C16H18F3N3O3S. The number of benzene rings is 1. The van der Waals surface area contributed by atoms with E-state index in [0.717, 1.165) is 30.0 Å². The van der Waals surface area contributed by atoms with Gasteiger partial charge >= 0.3 is 6.18 Å². The van der Waals surface area contributed by atoms with Crippen LogP contribution in [-0.2, 0) is 11.0 Å². The average Bonchev–Trinajstić information content (AvgIpc) is 3.01. The van der Waals surface area contributed by atoms with Gasteiger partial charge in [-0.15, -0.1) is 0 Å². The van der Waals surface area contributed by atoms with Gasteiger partial charge in [-0.1, -0.05) is 11.8 Å². The minimum Gasteiger partial charge on any atom is -0.354 e. The molecule has 1 heterocycles. The highest BCUT2D eigenvalue weighted by Gasteiger charge is 2.30. The van der Waals surface area contributed by atoms with E-state index in [4.69, 9.17) is 0 Å². The quantitative estimate of drug-likeness (QED) is 0.701. The third-order valence-corrected chi connectivity index (χ3v) is 4.55. The number of hydrogen-bond donors (Lipinski definition) is 2. The van der Waals surface area contributed by atoms with Gasteiger partial charge in [-0.2, -0.15) is 13.2 Å². The number of rotatable bonds is 7. The second-order valence-electron chi connectivity index (χ2n) is 5.53. The van der Waals surface area contributed by atoms with Crippen LogP contribution in [0.3, 0.4) is 0 Å². The fraction of sp³-hybridized carbons (Fsp3) is 0.438. The molecule has 1 aromatic rings. The number of thioether (sulfide) groups is 1. The van der Waals surface area contributed by atoms with Gasteiger partial charge < -0.3 is 15.5 Å². The first kappa shape index (κ1) is 20.1. The molecule has 0 bridgehead atoms. The number of halogens is 3. The van der Waals surface area contributed by atoms with Crippen LogP contribution in [0.5, 0.6) is 0 Å². The Hall–Kier alpha value is -2.23. The van der Waals surface area contributed by atoms with Crippen molar-refractivity contribution >= 4 is 28.8 Å². The van der Waals surface area contributed by atoms with Crippen molar-refractivity contribution in [3.05, 3.63) is 35.4 Å². The molecule has 142 valence electrons. The summed E-state index contributed by atoms with van der Waals surface area (Å²) in [6.45, 7) is 1.33. The summed E-state index contributed by atoms with van der Waals surface area (Å²) >= 11 is 1.23. The topological polar surface area (TPSA) is 78.5 Å². The predicted octanol–water partition coefficient (Wildman–Crippen LogP) is 2.11. The molecule has 1 saturated heterocycles. The summed E-state index contributed by atoms with van der Waals surface area (Å²) < 4.78 is 37.4. The normalized spacial score (nSPS) is 14.4. The van der Waals surface area contributed by atoms with Crippen molar-refractivity contribution in [2.24, 2.45) is 0 Å². The van der Waals surface area contributed by atoms with E-state index in [0.29, 0.717) is 13.1 Å². The molecule has 1 aliphatic rings. The number of amides is 3. The average molecular weight is 389 g/mol. The van der Waals surface area contributed by atoms with E-state index in [-0.39, 0.29) is 36.2 Å². The van der Waals surface area contributed by atoms with Gasteiger partial charge in [0.05, 0.1) is 5.56 Å². The molecule has 1 aromatic carbocycles. The van der Waals surface area contributed by atoms with Gasteiger partial charge in [-0.05, 0) is 24.3 Å². The number of hydrogen-bond acceptors (Lipinski definition) is 4. The summed E-state index contributed by atoms with van der Waals surface area (Å²) in [4.78, 5) is 36.5. The SMILES string of the molecule is O=C(CCN1CCSC1=O)NCCNC(=O)c1ccc(C(F)(F)F)cc1. The van der Waals surface area contributed by atoms with Crippen molar-refractivity contribution in [1.82, 2.24) is 15.5 Å². The summed E-state index contributed by atoms with van der Waals surface area (Å²) in [7, 11) is 0. The first-order chi connectivity index (χ1) is 12.3. The predicted molar refractivity (Wildman–Crippen MR) is 90.8 cm³/mol. The Bertz CT molecular complexity index is 665. The molecule has 2 rings (SSSR count). The molecule has 0 unspecified atom stereocenters. The van der Waals surface area contributed by atoms with Crippen molar-refractivity contribution in [3.63, 3.8) is 0 Å². The Labute approximate surface area is 152 Å². The van der Waals surface area contributed by atoms with E-state index in [1.807, 2.05) is 0 Å². The lowest BCUT2D eigenvalue weighted by Gasteiger charge is -2.14. The molecular weight excluding hydrogens is 371 g/mol. The molecule has 0 aliphatic carbocycles. The van der Waals surface area contributed by atoms with Crippen LogP contribution in [0.1, 0.15) is 22.3 Å². The summed E-state index contributed by atoms with van der Waals surface area (Å²) in [5.74, 6) is -0.0256. The standard InChI is InChI=1S/C16H18F3N3O3S/c17-16(18,19)12-3-1-11(2-4-12)14(24)21-7-6-20-13(23)5-8-22-9-10-26-15(22)25/h1-4H,5-10H2,(H,20,23)(H,21,24). The molecule has 6 nitrogen and oxygen atoms in total. The smallest absolute Gasteiger partial charge is 0.354 e. The zero-order valence-corrected chi connectivity index (χ0v) is 14.6. The zero-order chi connectivity index (χ0) is 19.2. The molecule has 2 N–H and O–H groups in total. The van der Waals surface area contributed by atoms with Gasteiger partial charge in [0.2, 0.25) is 5.91 Å². The van der Waals surface area contributed by atoms with Crippen LogP contribution in [0, 0.1) is 0 Å². The number of nitrogens with zero attached hydrogens (tertiary/aromatic N) is 1. The van der Waals surface area contributed by atoms with Crippen LogP contribution in [-0.4, -0.2) is 53.9 Å². The maximum absolute atomic E-state index is 12.5. The van der Waals surface area contributed by atoms with Crippen LogP contribution in [0.15, 0.2) is 24.3 Å². The fourth-order valence-electron chi connectivity index (χ4n) is 2.24. The summed E-state index contributed by atoms with van der Waals surface area (Å²) in [6.07, 6.45) is -4.27. The van der Waals surface area contributed by atoms with E-state index in [1.54, 1.807) is 4.90 Å². The largest absolute Gasteiger partial charge is 0.416 e. The van der Waals surface area contributed by atoms with Crippen molar-refractivity contribution in [2.75, 3.05) is 31.9 Å². The molecule has 10 heteroatoms. The lowest BCUT2D eigenvalue weighted by Crippen LogP contribution is -2.36. The van der Waals surface area contributed by atoms with Crippen molar-refractivity contribution in [1.29, 1.82) is 0 Å². The number of nitrogens with one attached hydrogen (secondary N) is 2. The molecule has 0 radical (unpaired) electrons. The lowest BCUT2D eigenvalue weighted by molar-refractivity contribution is -0.137. The van der Waals surface area contributed by atoms with Crippen LogP contribution in [0.4, 0.5) is 18.0 Å². The Morgan fingerprint density at radius 2 is 1.77 bits per heavy atom. The van der Waals surface area contributed by atoms with E-state index in [1.165, 1.54) is 11.8 Å². The molecule has 0 saturated carbocycles. The summed E-state index contributed by atoms with van der Waals surface area (Å²) in [6, 6.07) is 3.88. The van der Waals surface area contributed by atoms with Gasteiger partial charge in [0.1, 0.15) is 0 Å². The monoisotopic (exact) mass is 389 g/mol. The van der Waals surface area contributed by atoms with Gasteiger partial charge in [-0.25, -0.2) is 0 Å². The Morgan fingerprint density at radius 1 is 1.12 bits per heavy atom. The minimum atomic E-state index is -4.45. The number of alkyl halides is 3. The van der Waals surface area contributed by atoms with Gasteiger partial charge in [-0.3, -0.25) is 14.4 Å². The van der Waals surface area contributed by atoms with E-state index in [9.17, 15) is 27.6 Å². The first-order valence-corrected chi connectivity index (χ1v) is 8.90. The second kappa shape index (κ2) is 8.93. The number of carbonyl (C=O) groups is 3. The molecule has 0 atom stereocenters. The van der Waals surface area contributed by atoms with Gasteiger partial charge in [0.15, 0.2) is 0 Å². The summed E-state index contributed by atoms with van der Waals surface area (Å²) in [5.41, 5.74) is -0.717. The van der Waals surface area contributed by atoms with Crippen LogP contribution in [0.2, 0.25) is 0 Å². The molecule has 1 aliphatic heterocycles. The van der Waals surface area contributed by atoms with E-state index < -0.39 is 17.6 Å². The highest BCUT2D eigenvalue weighted by molar-refractivity contribution is 8.13. The highest BCUT2D eigenvalue weighted by Crippen LogP contribution is 2.29. The molecule has 3 amide bonds. The Balaban J connectivity index is 1.65. The number of carbonyl (C=O) groups excluding carboxylic acids is 3. The highest BCUT2D eigenvalue weighted by atomic mass is 32.2. The first-order valence-electron chi connectivity index (χ1n) is 7.91. The second-order valence-corrected chi connectivity index (χ2v) is 6.58. The molecule has 1 fully saturated rings. The lowest BCUT2D eigenvalue weighted by atomic mass is 10.1. The zero-order valence-electron chi connectivity index (χ0n) is 13.8. The van der Waals surface area contributed by atoms with Crippen molar-refractivity contribution in [3.8, 4) is 0 Å². The fourth-order valence-corrected chi connectivity index (χ4v) is 3.10. The maximum Gasteiger partial charge on any atom is 0.416 e. The molecule has 26 heavy (non-hydrogen) atoms. The van der Waals surface area contributed by atoms with Crippen LogP contribution >= 0.6 is 11.8 Å². The Morgan fingerprint density at radius 3 is 2.35 bits per heavy atom. The van der Waals surface area contributed by atoms with Gasteiger partial charge in [0.25, 0.3) is 11.1 Å². The van der Waals surface area contributed by atoms with E-state index in [2.05, 4.69) is 10.6 Å². The third-order valence-electron chi connectivity index (χ3n) is 3.66. The van der Waals surface area contributed by atoms with Crippen LogP contribution < -0.4 is 10.6 Å². The summed E-state index contributed by atoms with van der Waals surface area (Å²) in [5, 5.41) is 5.10. The van der Waals surface area contributed by atoms with Crippen molar-refractivity contribution < 1.29 is 27.6 Å².